The Morgan fingerprint density at radius 1 is 1.09 bits per heavy atom. The van der Waals surface area contributed by atoms with E-state index in [2.05, 4.69) is 4.98 Å². The Labute approximate surface area is 194 Å². The molecule has 0 fully saturated rings. The number of unbranched alkanes of at least 4 members (excludes halogenated alkanes) is 1. The molecule has 0 saturated heterocycles. The highest BCUT2D eigenvalue weighted by Gasteiger charge is 2.33. The number of halogens is 3. The molecule has 2 aromatic carbocycles. The zero-order chi connectivity index (χ0) is 24.3. The van der Waals surface area contributed by atoms with Crippen LogP contribution in [0.4, 0.5) is 28.6 Å². The molecular weight excluding hydrogens is 449 g/mol. The lowest BCUT2D eigenvalue weighted by Gasteiger charge is -2.23. The maximum atomic E-state index is 13.3. The number of benzene rings is 2. The van der Waals surface area contributed by atoms with Crippen LogP contribution in [0.25, 0.3) is 11.1 Å². The second-order valence-corrected chi connectivity index (χ2v) is 7.86. The van der Waals surface area contributed by atoms with Crippen molar-refractivity contribution in [2.45, 2.75) is 32.0 Å². The van der Waals surface area contributed by atoms with Gasteiger partial charge in [0.25, 0.3) is 0 Å². The number of fused-ring (bicyclic) bond motifs is 3. The van der Waals surface area contributed by atoms with Crippen molar-refractivity contribution in [1.82, 2.24) is 14.9 Å². The van der Waals surface area contributed by atoms with E-state index in [4.69, 9.17) is 4.74 Å². The fourth-order valence-corrected chi connectivity index (χ4v) is 3.85. The SMILES string of the molecule is CCCCN(C(=O)OC1c2ccccc2-c2ccccc21)c1cn(C(=O)NCC(F)(F)F)cn1. The van der Waals surface area contributed by atoms with Gasteiger partial charge in [0.05, 0.1) is 6.20 Å². The normalized spacial score (nSPS) is 12.7. The summed E-state index contributed by atoms with van der Waals surface area (Å²) >= 11 is 0. The minimum atomic E-state index is -4.54. The van der Waals surface area contributed by atoms with Gasteiger partial charge in [-0.1, -0.05) is 61.9 Å². The molecule has 3 aromatic rings. The van der Waals surface area contributed by atoms with Gasteiger partial charge in [0, 0.05) is 17.7 Å². The summed E-state index contributed by atoms with van der Waals surface area (Å²) in [4.78, 5) is 30.7. The molecule has 1 aromatic heterocycles. The summed E-state index contributed by atoms with van der Waals surface area (Å²) < 4.78 is 44.0. The highest BCUT2D eigenvalue weighted by atomic mass is 19.4. The van der Waals surface area contributed by atoms with Gasteiger partial charge < -0.3 is 10.1 Å². The van der Waals surface area contributed by atoms with Crippen LogP contribution in [0, 0.1) is 0 Å². The Morgan fingerprint density at radius 2 is 1.71 bits per heavy atom. The predicted molar refractivity (Wildman–Crippen MR) is 120 cm³/mol. The Morgan fingerprint density at radius 3 is 2.29 bits per heavy atom. The van der Waals surface area contributed by atoms with Crippen LogP contribution in [0.2, 0.25) is 0 Å². The molecule has 0 bridgehead atoms. The quantitative estimate of drug-likeness (QED) is 0.513. The van der Waals surface area contributed by atoms with Crippen molar-refractivity contribution in [3.63, 3.8) is 0 Å². The number of alkyl halides is 3. The maximum absolute atomic E-state index is 13.3. The maximum Gasteiger partial charge on any atom is 0.416 e. The summed E-state index contributed by atoms with van der Waals surface area (Å²) in [5.74, 6) is 0.111. The first-order valence-electron chi connectivity index (χ1n) is 10.8. The molecule has 4 rings (SSSR count). The van der Waals surface area contributed by atoms with Crippen LogP contribution in [0.1, 0.15) is 37.0 Å². The monoisotopic (exact) mass is 472 g/mol. The van der Waals surface area contributed by atoms with Gasteiger partial charge in [-0.3, -0.25) is 9.47 Å². The van der Waals surface area contributed by atoms with Crippen LogP contribution in [0.5, 0.6) is 0 Å². The fraction of sp³-hybridized carbons (Fsp3) is 0.292. The van der Waals surface area contributed by atoms with E-state index < -0.39 is 30.9 Å². The van der Waals surface area contributed by atoms with E-state index >= 15 is 0 Å². The van der Waals surface area contributed by atoms with Gasteiger partial charge >= 0.3 is 18.3 Å². The van der Waals surface area contributed by atoms with E-state index in [-0.39, 0.29) is 12.4 Å². The van der Waals surface area contributed by atoms with Crippen LogP contribution >= 0.6 is 0 Å². The van der Waals surface area contributed by atoms with Crippen molar-refractivity contribution in [3.8, 4) is 11.1 Å². The van der Waals surface area contributed by atoms with Crippen LogP contribution in [-0.2, 0) is 4.74 Å². The van der Waals surface area contributed by atoms with E-state index in [1.165, 1.54) is 11.1 Å². The van der Waals surface area contributed by atoms with Gasteiger partial charge in [-0.25, -0.2) is 14.6 Å². The lowest BCUT2D eigenvalue weighted by atomic mass is 10.1. The van der Waals surface area contributed by atoms with Crippen molar-refractivity contribution < 1.29 is 27.5 Å². The van der Waals surface area contributed by atoms with Gasteiger partial charge in [0.15, 0.2) is 11.9 Å². The Bertz CT molecular complexity index is 1150. The summed E-state index contributed by atoms with van der Waals surface area (Å²) in [6.07, 6.45) is -2.12. The molecule has 10 heteroatoms. The molecule has 0 saturated carbocycles. The zero-order valence-electron chi connectivity index (χ0n) is 18.4. The summed E-state index contributed by atoms with van der Waals surface area (Å²) in [6.45, 7) is 0.754. The molecule has 7 nitrogen and oxygen atoms in total. The highest BCUT2D eigenvalue weighted by Crippen LogP contribution is 2.45. The molecular formula is C24H23F3N4O3. The molecule has 0 radical (unpaired) electrons. The first-order chi connectivity index (χ1) is 16.3. The van der Waals surface area contributed by atoms with E-state index in [0.717, 1.165) is 39.6 Å². The molecule has 1 N–H and O–H groups in total. The lowest BCUT2D eigenvalue weighted by Crippen LogP contribution is -2.36. The van der Waals surface area contributed by atoms with Gasteiger partial charge in [0.2, 0.25) is 0 Å². The minimum absolute atomic E-state index is 0.111. The Balaban J connectivity index is 1.56. The molecule has 0 aliphatic heterocycles. The largest absolute Gasteiger partial charge is 0.436 e. The Hall–Kier alpha value is -3.82. The number of nitrogens with zero attached hydrogens (tertiary/aromatic N) is 3. The highest BCUT2D eigenvalue weighted by molar-refractivity contribution is 5.88. The van der Waals surface area contributed by atoms with E-state index in [1.807, 2.05) is 55.5 Å². The van der Waals surface area contributed by atoms with Crippen LogP contribution in [0.3, 0.4) is 0 Å². The topological polar surface area (TPSA) is 76.5 Å². The van der Waals surface area contributed by atoms with Gasteiger partial charge in [-0.15, -0.1) is 0 Å². The third-order valence-electron chi connectivity index (χ3n) is 5.47. The van der Waals surface area contributed by atoms with Crippen molar-refractivity contribution in [2.24, 2.45) is 0 Å². The number of aromatic nitrogens is 2. The van der Waals surface area contributed by atoms with Crippen LogP contribution < -0.4 is 10.2 Å². The summed E-state index contributed by atoms with van der Waals surface area (Å²) in [7, 11) is 0. The summed E-state index contributed by atoms with van der Waals surface area (Å²) in [5, 5.41) is 1.77. The van der Waals surface area contributed by atoms with Gasteiger partial charge in [0.1, 0.15) is 12.9 Å². The zero-order valence-corrected chi connectivity index (χ0v) is 18.4. The second kappa shape index (κ2) is 9.58. The number of imidazole rings is 1. The van der Waals surface area contributed by atoms with Gasteiger partial charge in [-0.05, 0) is 17.5 Å². The van der Waals surface area contributed by atoms with Crippen molar-refractivity contribution >= 4 is 17.9 Å². The predicted octanol–water partition coefficient (Wildman–Crippen LogP) is 5.52. The molecule has 0 atom stereocenters. The van der Waals surface area contributed by atoms with E-state index in [1.54, 1.807) is 5.32 Å². The third-order valence-corrected chi connectivity index (χ3v) is 5.47. The molecule has 0 spiro atoms. The Kier molecular flexibility index (Phi) is 6.58. The van der Waals surface area contributed by atoms with Crippen molar-refractivity contribution in [3.05, 3.63) is 72.2 Å². The number of hydrogen-bond acceptors (Lipinski definition) is 4. The molecule has 1 heterocycles. The molecule has 1 aliphatic rings. The summed E-state index contributed by atoms with van der Waals surface area (Å²) in [5.41, 5.74) is 3.71. The number of rotatable bonds is 6. The second-order valence-electron chi connectivity index (χ2n) is 7.86. The van der Waals surface area contributed by atoms with Crippen LogP contribution in [-0.4, -0.2) is 40.9 Å². The smallest absolute Gasteiger partial charge is 0.416 e. The number of carbonyl (C=O) groups excluding carboxylic acids is 2. The number of carbonyl (C=O) groups is 2. The number of ether oxygens (including phenoxy) is 1. The standard InChI is InChI=1S/C24H23F3N4O3/c1-2-3-12-31(20-13-30(15-29-20)22(32)28-14-24(25,26)27)23(33)34-21-18-10-6-4-8-16(18)17-9-5-7-11-19(17)21/h4-11,13,15,21H,2-3,12,14H2,1H3,(H,28,32). The lowest BCUT2D eigenvalue weighted by molar-refractivity contribution is -0.122. The van der Waals surface area contributed by atoms with Gasteiger partial charge in [-0.2, -0.15) is 13.2 Å². The first kappa shape index (κ1) is 23.3. The number of nitrogens with one attached hydrogen (secondary N) is 1. The van der Waals surface area contributed by atoms with Crippen molar-refractivity contribution in [1.29, 1.82) is 0 Å². The molecule has 2 amide bonds. The number of hydrogen-bond donors (Lipinski definition) is 1. The minimum Gasteiger partial charge on any atom is -0.436 e. The van der Waals surface area contributed by atoms with Crippen molar-refractivity contribution in [2.75, 3.05) is 18.0 Å². The molecule has 1 aliphatic carbocycles. The number of amides is 2. The summed E-state index contributed by atoms with van der Waals surface area (Å²) in [6, 6.07) is 14.3. The third kappa shape index (κ3) is 4.90. The van der Waals surface area contributed by atoms with Crippen LogP contribution in [0.15, 0.2) is 61.1 Å². The van der Waals surface area contributed by atoms with E-state index in [0.29, 0.717) is 6.42 Å². The molecule has 0 unspecified atom stereocenters. The average molecular weight is 472 g/mol. The van der Waals surface area contributed by atoms with E-state index in [9.17, 15) is 22.8 Å². The first-order valence-corrected chi connectivity index (χ1v) is 10.8. The molecule has 34 heavy (non-hydrogen) atoms. The number of anilines is 1. The average Bonchev–Trinajstić information content (AvgIpc) is 3.42. The molecule has 178 valence electrons. The fourth-order valence-electron chi connectivity index (χ4n) is 3.85.